The van der Waals surface area contributed by atoms with Crippen LogP contribution in [0.2, 0.25) is 0 Å². The van der Waals surface area contributed by atoms with Gasteiger partial charge in [-0.25, -0.2) is 9.78 Å². The van der Waals surface area contributed by atoms with Crippen molar-refractivity contribution in [1.82, 2.24) is 19.9 Å². The van der Waals surface area contributed by atoms with Gasteiger partial charge in [0.2, 0.25) is 4.96 Å². The molecule has 152 valence electrons. The molecule has 7 nitrogen and oxygen atoms in total. The average Bonchev–Trinajstić information content (AvgIpc) is 3.14. The van der Waals surface area contributed by atoms with Gasteiger partial charge in [0.05, 0.1) is 12.2 Å². The Morgan fingerprint density at radius 3 is 2.53 bits per heavy atom. The number of carbonyl (C=O) groups excluding carboxylic acids is 1. The summed E-state index contributed by atoms with van der Waals surface area (Å²) in [4.78, 5) is 29.7. The van der Waals surface area contributed by atoms with Gasteiger partial charge in [0.1, 0.15) is 5.01 Å². The van der Waals surface area contributed by atoms with Crippen LogP contribution < -0.4 is 16.2 Å². The maximum Gasteiger partial charge on any atom is 0.319 e. The van der Waals surface area contributed by atoms with E-state index in [1.807, 2.05) is 63.2 Å². The lowest BCUT2D eigenvalue weighted by Gasteiger charge is -2.10. The molecule has 0 saturated carbocycles. The van der Waals surface area contributed by atoms with Gasteiger partial charge in [-0.3, -0.25) is 4.79 Å². The third-order valence-corrected chi connectivity index (χ3v) is 5.63. The molecule has 8 heteroatoms. The molecule has 2 N–H and O–H groups in total. The molecule has 4 rings (SSSR count). The predicted octanol–water partition coefficient (Wildman–Crippen LogP) is 4.06. The Balaban J connectivity index is 1.50. The molecule has 0 bridgehead atoms. The third kappa shape index (κ3) is 4.23. The Morgan fingerprint density at radius 2 is 1.77 bits per heavy atom. The molecule has 0 fully saturated rings. The van der Waals surface area contributed by atoms with Crippen molar-refractivity contribution < 1.29 is 4.79 Å². The summed E-state index contributed by atoms with van der Waals surface area (Å²) in [6, 6.07) is 14.8. The molecule has 4 aromatic rings. The van der Waals surface area contributed by atoms with E-state index in [4.69, 9.17) is 0 Å². The Labute approximate surface area is 177 Å². The van der Waals surface area contributed by atoms with E-state index < -0.39 is 0 Å². The van der Waals surface area contributed by atoms with Crippen LogP contribution in [0.3, 0.4) is 0 Å². The molecule has 2 heterocycles. The van der Waals surface area contributed by atoms with Crippen LogP contribution in [0.5, 0.6) is 0 Å². The maximum absolute atomic E-state index is 12.5. The highest BCUT2D eigenvalue weighted by molar-refractivity contribution is 7.19. The second kappa shape index (κ2) is 8.08. The van der Waals surface area contributed by atoms with Crippen molar-refractivity contribution in [2.24, 2.45) is 0 Å². The Bertz CT molecular complexity index is 1290. The van der Waals surface area contributed by atoms with E-state index in [0.717, 1.165) is 32.9 Å². The van der Waals surface area contributed by atoms with Crippen LogP contribution in [-0.4, -0.2) is 20.6 Å². The molecule has 30 heavy (non-hydrogen) atoms. The van der Waals surface area contributed by atoms with Crippen LogP contribution in [0.1, 0.15) is 22.4 Å². The topological polar surface area (TPSA) is 88.4 Å². The number of urea groups is 1. The molecule has 0 saturated heterocycles. The minimum atomic E-state index is -0.352. The van der Waals surface area contributed by atoms with Gasteiger partial charge in [0, 0.05) is 17.3 Å². The number of fused-ring (bicyclic) bond motifs is 1. The number of nitrogens with one attached hydrogen (secondary N) is 2. The van der Waals surface area contributed by atoms with Gasteiger partial charge < -0.3 is 10.6 Å². The highest BCUT2D eigenvalue weighted by atomic mass is 32.1. The van der Waals surface area contributed by atoms with Gasteiger partial charge in [-0.2, -0.15) is 9.61 Å². The quantitative estimate of drug-likeness (QED) is 0.522. The predicted molar refractivity (Wildman–Crippen MR) is 119 cm³/mol. The lowest BCUT2D eigenvalue weighted by Crippen LogP contribution is -2.29. The van der Waals surface area contributed by atoms with E-state index in [9.17, 15) is 9.59 Å². The Hall–Kier alpha value is -3.52. The van der Waals surface area contributed by atoms with Gasteiger partial charge in [-0.05, 0) is 38.0 Å². The van der Waals surface area contributed by atoms with Gasteiger partial charge >= 0.3 is 6.03 Å². The number of hydrogen-bond donors (Lipinski definition) is 2. The molecular formula is C22H21N5O2S. The van der Waals surface area contributed by atoms with Crippen LogP contribution >= 0.6 is 11.3 Å². The van der Waals surface area contributed by atoms with E-state index >= 15 is 0 Å². The standard InChI is InChI=1S/C22H21N5O2S/c1-13-5-8-16(9-6-13)20-26-27-19(28)11-17(24-22(27)30-20)12-23-21(29)25-18-10-14(2)4-7-15(18)3/h4-11H,12H2,1-3H3,(H2,23,25,29). The van der Waals surface area contributed by atoms with Crippen molar-refractivity contribution >= 4 is 28.0 Å². The minimum absolute atomic E-state index is 0.139. The van der Waals surface area contributed by atoms with Crippen LogP contribution in [0, 0.1) is 20.8 Å². The Kier molecular flexibility index (Phi) is 5.33. The largest absolute Gasteiger partial charge is 0.332 e. The van der Waals surface area contributed by atoms with Crippen molar-refractivity contribution in [2.45, 2.75) is 27.3 Å². The molecule has 2 aromatic carbocycles. The maximum atomic E-state index is 12.5. The lowest BCUT2D eigenvalue weighted by atomic mass is 10.1. The summed E-state index contributed by atoms with van der Waals surface area (Å²) in [5.74, 6) is 0. The summed E-state index contributed by atoms with van der Waals surface area (Å²) < 4.78 is 1.29. The van der Waals surface area contributed by atoms with E-state index in [1.54, 1.807) is 0 Å². The van der Waals surface area contributed by atoms with E-state index in [2.05, 4.69) is 20.7 Å². The van der Waals surface area contributed by atoms with E-state index in [-0.39, 0.29) is 18.1 Å². The number of rotatable bonds is 4. The molecule has 0 atom stereocenters. The molecule has 0 aliphatic rings. The number of amides is 2. The summed E-state index contributed by atoms with van der Waals surface area (Å²) in [6.45, 7) is 6.06. The summed E-state index contributed by atoms with van der Waals surface area (Å²) in [7, 11) is 0. The fraction of sp³-hybridized carbons (Fsp3) is 0.182. The van der Waals surface area contributed by atoms with Crippen molar-refractivity contribution in [3.63, 3.8) is 0 Å². The van der Waals surface area contributed by atoms with Crippen molar-refractivity contribution in [3.8, 4) is 10.6 Å². The Morgan fingerprint density at radius 1 is 1.03 bits per heavy atom. The van der Waals surface area contributed by atoms with E-state index in [0.29, 0.717) is 10.7 Å². The summed E-state index contributed by atoms with van der Waals surface area (Å²) >= 11 is 1.34. The first-order valence-electron chi connectivity index (χ1n) is 9.48. The highest BCUT2D eigenvalue weighted by Gasteiger charge is 2.12. The van der Waals surface area contributed by atoms with Gasteiger partial charge in [0.25, 0.3) is 5.56 Å². The van der Waals surface area contributed by atoms with Gasteiger partial charge in [-0.15, -0.1) is 0 Å². The zero-order valence-electron chi connectivity index (χ0n) is 16.9. The summed E-state index contributed by atoms with van der Waals surface area (Å²) in [5, 5.41) is 10.7. The average molecular weight is 420 g/mol. The first-order chi connectivity index (χ1) is 14.4. The number of aryl methyl sites for hydroxylation is 3. The van der Waals surface area contributed by atoms with Crippen LogP contribution in [-0.2, 0) is 6.54 Å². The fourth-order valence-electron chi connectivity index (χ4n) is 2.97. The first kappa shape index (κ1) is 19.8. The normalized spacial score (nSPS) is 10.9. The number of hydrogen-bond acceptors (Lipinski definition) is 5. The van der Waals surface area contributed by atoms with Crippen LogP contribution in [0.25, 0.3) is 15.5 Å². The van der Waals surface area contributed by atoms with Gasteiger partial charge in [0.15, 0.2) is 0 Å². The number of aromatic nitrogens is 3. The summed E-state index contributed by atoms with van der Waals surface area (Å²) in [5.41, 5.74) is 5.08. The SMILES string of the molecule is Cc1ccc(-c2nn3c(=O)cc(CNC(=O)Nc4cc(C)ccc4C)nc3s2)cc1. The molecule has 2 aromatic heterocycles. The van der Waals surface area contributed by atoms with Gasteiger partial charge in [-0.1, -0.05) is 53.3 Å². The smallest absolute Gasteiger partial charge is 0.319 e. The first-order valence-corrected chi connectivity index (χ1v) is 10.3. The molecule has 0 unspecified atom stereocenters. The highest BCUT2D eigenvalue weighted by Crippen LogP contribution is 2.24. The lowest BCUT2D eigenvalue weighted by molar-refractivity contribution is 0.251. The number of carbonyl (C=O) groups is 1. The summed E-state index contributed by atoms with van der Waals surface area (Å²) in [6.07, 6.45) is 0. The zero-order valence-corrected chi connectivity index (χ0v) is 17.7. The second-order valence-electron chi connectivity index (χ2n) is 7.18. The zero-order chi connectivity index (χ0) is 21.3. The number of anilines is 1. The van der Waals surface area contributed by atoms with Crippen LogP contribution in [0.4, 0.5) is 10.5 Å². The molecular weight excluding hydrogens is 398 g/mol. The van der Waals surface area contributed by atoms with Crippen molar-refractivity contribution in [2.75, 3.05) is 5.32 Å². The molecule has 0 aliphatic heterocycles. The van der Waals surface area contributed by atoms with Crippen molar-refractivity contribution in [1.29, 1.82) is 0 Å². The number of nitrogens with zero attached hydrogens (tertiary/aromatic N) is 3. The minimum Gasteiger partial charge on any atom is -0.332 e. The third-order valence-electron chi connectivity index (χ3n) is 4.67. The monoisotopic (exact) mass is 419 g/mol. The van der Waals surface area contributed by atoms with Crippen molar-refractivity contribution in [3.05, 3.63) is 81.3 Å². The fourth-order valence-corrected chi connectivity index (χ4v) is 3.90. The van der Waals surface area contributed by atoms with Crippen LogP contribution in [0.15, 0.2) is 53.3 Å². The molecule has 0 aliphatic carbocycles. The molecule has 0 spiro atoms. The molecule has 0 radical (unpaired) electrons. The number of benzene rings is 2. The molecule has 2 amide bonds. The van der Waals surface area contributed by atoms with E-state index in [1.165, 1.54) is 21.9 Å². The second-order valence-corrected chi connectivity index (χ2v) is 8.14.